The van der Waals surface area contributed by atoms with Gasteiger partial charge in [0.1, 0.15) is 17.6 Å². The Morgan fingerprint density at radius 3 is 2.93 bits per heavy atom. The number of ether oxygens (including phenoxy) is 1. The summed E-state index contributed by atoms with van der Waals surface area (Å²) < 4.78 is 24.6. The van der Waals surface area contributed by atoms with Gasteiger partial charge in [-0.3, -0.25) is 0 Å². The van der Waals surface area contributed by atoms with E-state index in [-0.39, 0.29) is 17.8 Å². The molecule has 2 amide bonds. The lowest BCUT2D eigenvalue weighted by molar-refractivity contribution is 0.142. The van der Waals surface area contributed by atoms with Crippen LogP contribution in [0.15, 0.2) is 53.1 Å². The minimum Gasteiger partial charge on any atom is -0.497 e. The maximum absolute atomic E-state index is 13.9. The molecule has 1 unspecified atom stereocenters. The van der Waals surface area contributed by atoms with E-state index < -0.39 is 5.82 Å². The molecule has 29 heavy (non-hydrogen) atoms. The summed E-state index contributed by atoms with van der Waals surface area (Å²) in [5.74, 6) is 1.01. The van der Waals surface area contributed by atoms with Crippen LogP contribution < -0.4 is 10.1 Å². The monoisotopic (exact) mass is 396 g/mol. The van der Waals surface area contributed by atoms with Crippen molar-refractivity contribution in [1.82, 2.24) is 15.0 Å². The fraction of sp³-hybridized carbons (Fsp3) is 0.286. The van der Waals surface area contributed by atoms with Crippen LogP contribution in [-0.2, 0) is 0 Å². The highest BCUT2D eigenvalue weighted by atomic mass is 19.1. The fourth-order valence-corrected chi connectivity index (χ4v) is 3.43. The van der Waals surface area contributed by atoms with Crippen molar-refractivity contribution < 1.29 is 18.4 Å². The van der Waals surface area contributed by atoms with E-state index in [0.29, 0.717) is 30.4 Å². The topological polar surface area (TPSA) is 80.5 Å². The molecule has 4 rings (SSSR count). The second-order valence-electron chi connectivity index (χ2n) is 6.80. The number of nitrogens with zero attached hydrogens (tertiary/aromatic N) is 3. The summed E-state index contributed by atoms with van der Waals surface area (Å²) in [5.41, 5.74) is 0.905. The Bertz CT molecular complexity index is 1010. The molecule has 150 valence electrons. The molecule has 0 bridgehead atoms. The van der Waals surface area contributed by atoms with Crippen molar-refractivity contribution in [2.75, 3.05) is 19.0 Å². The van der Waals surface area contributed by atoms with Gasteiger partial charge in [0.15, 0.2) is 0 Å². The fourth-order valence-electron chi connectivity index (χ4n) is 3.43. The van der Waals surface area contributed by atoms with Crippen molar-refractivity contribution in [3.8, 4) is 17.1 Å². The van der Waals surface area contributed by atoms with Crippen molar-refractivity contribution in [3.63, 3.8) is 0 Å². The molecule has 1 saturated heterocycles. The van der Waals surface area contributed by atoms with Crippen LogP contribution in [0.25, 0.3) is 11.4 Å². The molecule has 0 spiro atoms. The molecule has 1 aliphatic rings. The smallest absolute Gasteiger partial charge is 0.322 e. The van der Waals surface area contributed by atoms with Crippen molar-refractivity contribution >= 4 is 11.7 Å². The zero-order valence-electron chi connectivity index (χ0n) is 16.0. The molecule has 1 N–H and O–H groups in total. The Kier molecular flexibility index (Phi) is 5.41. The van der Waals surface area contributed by atoms with Crippen molar-refractivity contribution in [2.45, 2.75) is 25.3 Å². The third kappa shape index (κ3) is 4.06. The third-order valence-electron chi connectivity index (χ3n) is 4.93. The SMILES string of the molecule is COc1cccc(-c2noc(C3CCCCN3C(=O)Nc3ccccc3F)n2)c1. The van der Waals surface area contributed by atoms with Crippen molar-refractivity contribution in [3.05, 3.63) is 60.2 Å². The van der Waals surface area contributed by atoms with Gasteiger partial charge in [0.25, 0.3) is 0 Å². The van der Waals surface area contributed by atoms with Crippen molar-refractivity contribution in [2.24, 2.45) is 0 Å². The first-order valence-corrected chi connectivity index (χ1v) is 9.46. The molecular formula is C21H21FN4O3. The molecule has 1 aromatic heterocycles. The van der Waals surface area contributed by atoms with E-state index in [1.807, 2.05) is 24.3 Å². The van der Waals surface area contributed by atoms with Crippen LogP contribution in [0.4, 0.5) is 14.9 Å². The average molecular weight is 396 g/mol. The van der Waals surface area contributed by atoms with Crippen LogP contribution in [0.2, 0.25) is 0 Å². The van der Waals surface area contributed by atoms with Gasteiger partial charge in [-0.1, -0.05) is 29.4 Å². The predicted octanol–water partition coefficient (Wildman–Crippen LogP) is 4.64. The molecule has 0 saturated carbocycles. The van der Waals surface area contributed by atoms with Gasteiger partial charge in [0, 0.05) is 12.1 Å². The minimum atomic E-state index is -0.479. The molecule has 7 nitrogen and oxygen atoms in total. The van der Waals surface area contributed by atoms with E-state index in [4.69, 9.17) is 9.26 Å². The lowest BCUT2D eigenvalue weighted by Gasteiger charge is -2.33. The van der Waals surface area contributed by atoms with Crippen LogP contribution in [-0.4, -0.2) is 34.7 Å². The Morgan fingerprint density at radius 1 is 1.24 bits per heavy atom. The molecule has 3 aromatic rings. The third-order valence-corrected chi connectivity index (χ3v) is 4.93. The molecule has 1 atom stereocenters. The molecule has 1 aliphatic heterocycles. The zero-order chi connectivity index (χ0) is 20.2. The molecule has 2 heterocycles. The number of anilines is 1. The summed E-state index contributed by atoms with van der Waals surface area (Å²) in [6.45, 7) is 0.530. The first-order chi connectivity index (χ1) is 14.2. The number of amides is 2. The Balaban J connectivity index is 1.55. The second kappa shape index (κ2) is 8.30. The minimum absolute atomic E-state index is 0.143. The normalized spacial score (nSPS) is 16.5. The molecule has 2 aromatic carbocycles. The Morgan fingerprint density at radius 2 is 2.10 bits per heavy atom. The number of carbonyl (C=O) groups excluding carboxylic acids is 1. The molecule has 1 fully saturated rings. The number of halogens is 1. The summed E-state index contributed by atoms with van der Waals surface area (Å²) in [7, 11) is 1.59. The summed E-state index contributed by atoms with van der Waals surface area (Å²) in [6.07, 6.45) is 2.49. The number of nitrogens with one attached hydrogen (secondary N) is 1. The van der Waals surface area contributed by atoms with Gasteiger partial charge in [0.05, 0.1) is 12.8 Å². The summed E-state index contributed by atoms with van der Waals surface area (Å²) in [6, 6.07) is 12.7. The van der Waals surface area contributed by atoms with E-state index in [1.165, 1.54) is 12.1 Å². The van der Waals surface area contributed by atoms with Gasteiger partial charge in [-0.05, 0) is 43.5 Å². The lowest BCUT2D eigenvalue weighted by atomic mass is 10.0. The van der Waals surface area contributed by atoms with E-state index in [0.717, 1.165) is 18.4 Å². The number of methoxy groups -OCH3 is 1. The maximum atomic E-state index is 13.9. The highest BCUT2D eigenvalue weighted by molar-refractivity contribution is 5.89. The van der Waals surface area contributed by atoms with Gasteiger partial charge in [-0.2, -0.15) is 4.98 Å². The standard InChI is InChI=1S/C21H21FN4O3/c1-28-15-8-6-7-14(13-15)19-24-20(29-25-19)18-11-4-5-12-26(18)21(27)23-17-10-3-2-9-16(17)22/h2-3,6-10,13,18H,4-5,11-12H2,1H3,(H,23,27). The van der Waals surface area contributed by atoms with Crippen LogP contribution in [0, 0.1) is 5.82 Å². The predicted molar refractivity (Wildman–Crippen MR) is 105 cm³/mol. The lowest BCUT2D eigenvalue weighted by Crippen LogP contribution is -2.41. The quantitative estimate of drug-likeness (QED) is 0.695. The molecular weight excluding hydrogens is 375 g/mol. The number of hydrogen-bond donors (Lipinski definition) is 1. The van der Waals surface area contributed by atoms with Crippen LogP contribution >= 0.6 is 0 Å². The summed E-state index contributed by atoms with van der Waals surface area (Å²) >= 11 is 0. The highest BCUT2D eigenvalue weighted by Crippen LogP contribution is 2.32. The van der Waals surface area contributed by atoms with Gasteiger partial charge in [0.2, 0.25) is 11.7 Å². The van der Waals surface area contributed by atoms with E-state index in [1.54, 1.807) is 24.1 Å². The maximum Gasteiger partial charge on any atom is 0.322 e. The number of piperidine rings is 1. The number of rotatable bonds is 4. The zero-order valence-corrected chi connectivity index (χ0v) is 16.0. The second-order valence-corrected chi connectivity index (χ2v) is 6.80. The number of hydrogen-bond acceptors (Lipinski definition) is 5. The Hall–Kier alpha value is -3.42. The number of likely N-dealkylation sites (tertiary alicyclic amines) is 1. The van der Waals surface area contributed by atoms with Gasteiger partial charge in [-0.15, -0.1) is 0 Å². The van der Waals surface area contributed by atoms with Gasteiger partial charge < -0.3 is 19.5 Å². The summed E-state index contributed by atoms with van der Waals surface area (Å²) in [4.78, 5) is 18.9. The van der Waals surface area contributed by atoms with Gasteiger partial charge >= 0.3 is 6.03 Å². The largest absolute Gasteiger partial charge is 0.497 e. The number of para-hydroxylation sites is 1. The molecule has 0 radical (unpaired) electrons. The summed E-state index contributed by atoms with van der Waals surface area (Å²) in [5, 5.41) is 6.71. The first kappa shape index (κ1) is 18.9. The van der Waals surface area contributed by atoms with Crippen LogP contribution in [0.1, 0.15) is 31.2 Å². The molecule has 0 aliphatic carbocycles. The van der Waals surface area contributed by atoms with Crippen LogP contribution in [0.5, 0.6) is 5.75 Å². The van der Waals surface area contributed by atoms with E-state index in [2.05, 4.69) is 15.5 Å². The number of benzene rings is 2. The van der Waals surface area contributed by atoms with Crippen molar-refractivity contribution in [1.29, 1.82) is 0 Å². The highest BCUT2D eigenvalue weighted by Gasteiger charge is 2.32. The first-order valence-electron chi connectivity index (χ1n) is 9.46. The number of urea groups is 1. The number of carbonyl (C=O) groups is 1. The van der Waals surface area contributed by atoms with Crippen LogP contribution in [0.3, 0.4) is 0 Å². The van der Waals surface area contributed by atoms with Gasteiger partial charge in [-0.25, -0.2) is 9.18 Å². The molecule has 8 heteroatoms. The Labute approximate surface area is 167 Å². The number of aromatic nitrogens is 2. The average Bonchev–Trinajstić information content (AvgIpc) is 3.25. The van der Waals surface area contributed by atoms with E-state index >= 15 is 0 Å². The van der Waals surface area contributed by atoms with E-state index in [9.17, 15) is 9.18 Å².